The fraction of sp³-hybridized carbons (Fsp3) is 0.818. The Morgan fingerprint density at radius 2 is 2.23 bits per heavy atom. The van der Waals surface area contributed by atoms with Crippen molar-refractivity contribution in [2.75, 3.05) is 13.2 Å². The van der Waals surface area contributed by atoms with E-state index < -0.39 is 0 Å². The molecule has 1 saturated carbocycles. The van der Waals surface area contributed by atoms with Crippen LogP contribution in [-0.4, -0.2) is 25.3 Å². The fourth-order valence-electron chi connectivity index (χ4n) is 2.09. The molecule has 2 nitrogen and oxygen atoms in total. The van der Waals surface area contributed by atoms with Crippen LogP contribution in [0.15, 0.2) is 12.7 Å². The molecule has 1 aliphatic heterocycles. The molecule has 0 spiro atoms. The highest BCUT2D eigenvalue weighted by atomic mass is 16.5. The number of nitrogens with one attached hydrogen (secondary N) is 1. The van der Waals surface area contributed by atoms with Crippen molar-refractivity contribution in [2.24, 2.45) is 5.92 Å². The molecule has 74 valence electrons. The van der Waals surface area contributed by atoms with Gasteiger partial charge in [0.05, 0.1) is 6.10 Å². The Labute approximate surface area is 80.4 Å². The molecule has 13 heavy (non-hydrogen) atoms. The summed E-state index contributed by atoms with van der Waals surface area (Å²) in [6, 6.07) is 0.618. The third-order valence-electron chi connectivity index (χ3n) is 2.98. The zero-order chi connectivity index (χ0) is 9.10. The van der Waals surface area contributed by atoms with Gasteiger partial charge in [0.25, 0.3) is 0 Å². The number of rotatable bonds is 5. The number of hydrogen-bond donors (Lipinski definition) is 1. The van der Waals surface area contributed by atoms with E-state index in [2.05, 4.69) is 11.9 Å². The van der Waals surface area contributed by atoms with Crippen molar-refractivity contribution in [1.82, 2.24) is 5.32 Å². The minimum atomic E-state index is 0.518. The molecule has 2 fully saturated rings. The van der Waals surface area contributed by atoms with Crippen LogP contribution in [0.2, 0.25) is 0 Å². The number of ether oxygens (including phenoxy) is 1. The summed E-state index contributed by atoms with van der Waals surface area (Å²) in [4.78, 5) is 0. The third-order valence-corrected chi connectivity index (χ3v) is 2.98. The summed E-state index contributed by atoms with van der Waals surface area (Å²) in [6.07, 6.45) is 7.50. The largest absolute Gasteiger partial charge is 0.376 e. The Balaban J connectivity index is 1.73. The SMILES string of the molecule is C=CCCNC1CCOC1C1CC1. The maximum absolute atomic E-state index is 5.73. The minimum absolute atomic E-state index is 0.518. The van der Waals surface area contributed by atoms with Crippen molar-refractivity contribution < 1.29 is 4.74 Å². The van der Waals surface area contributed by atoms with E-state index in [1.165, 1.54) is 19.3 Å². The molecule has 0 aromatic heterocycles. The molecule has 2 aliphatic rings. The summed E-state index contributed by atoms with van der Waals surface area (Å²) in [7, 11) is 0. The molecule has 0 amide bonds. The van der Waals surface area contributed by atoms with Crippen molar-refractivity contribution in [1.29, 1.82) is 0 Å². The zero-order valence-corrected chi connectivity index (χ0v) is 8.17. The second kappa shape index (κ2) is 4.25. The van der Waals surface area contributed by atoms with Crippen molar-refractivity contribution in [3.05, 3.63) is 12.7 Å². The van der Waals surface area contributed by atoms with Crippen LogP contribution in [-0.2, 0) is 4.74 Å². The Hall–Kier alpha value is -0.340. The van der Waals surface area contributed by atoms with Gasteiger partial charge in [-0.1, -0.05) is 6.08 Å². The molecule has 1 heterocycles. The fourth-order valence-corrected chi connectivity index (χ4v) is 2.09. The first-order valence-electron chi connectivity index (χ1n) is 5.37. The molecule has 1 saturated heterocycles. The lowest BCUT2D eigenvalue weighted by Gasteiger charge is -2.18. The van der Waals surface area contributed by atoms with E-state index in [0.29, 0.717) is 12.1 Å². The molecule has 0 aromatic rings. The van der Waals surface area contributed by atoms with Gasteiger partial charge in [0.1, 0.15) is 0 Å². The van der Waals surface area contributed by atoms with Crippen LogP contribution in [0.1, 0.15) is 25.7 Å². The van der Waals surface area contributed by atoms with Crippen LogP contribution in [0.4, 0.5) is 0 Å². The smallest absolute Gasteiger partial charge is 0.0756 e. The lowest BCUT2D eigenvalue weighted by Crippen LogP contribution is -2.37. The highest BCUT2D eigenvalue weighted by molar-refractivity contribution is 4.93. The van der Waals surface area contributed by atoms with Gasteiger partial charge in [0.15, 0.2) is 0 Å². The van der Waals surface area contributed by atoms with Gasteiger partial charge in [-0.2, -0.15) is 0 Å². The van der Waals surface area contributed by atoms with Crippen LogP contribution in [0.5, 0.6) is 0 Å². The van der Waals surface area contributed by atoms with E-state index in [9.17, 15) is 0 Å². The van der Waals surface area contributed by atoms with Crippen molar-refractivity contribution in [3.8, 4) is 0 Å². The van der Waals surface area contributed by atoms with Gasteiger partial charge in [-0.15, -0.1) is 6.58 Å². The molecule has 1 aliphatic carbocycles. The molecule has 2 heteroatoms. The zero-order valence-electron chi connectivity index (χ0n) is 8.17. The number of hydrogen-bond acceptors (Lipinski definition) is 2. The summed E-state index contributed by atoms with van der Waals surface area (Å²) in [5.74, 6) is 0.865. The molecule has 0 aromatic carbocycles. The van der Waals surface area contributed by atoms with E-state index in [0.717, 1.165) is 25.5 Å². The van der Waals surface area contributed by atoms with Crippen LogP contribution in [0.25, 0.3) is 0 Å². The van der Waals surface area contributed by atoms with E-state index >= 15 is 0 Å². The first-order chi connectivity index (χ1) is 6.42. The van der Waals surface area contributed by atoms with E-state index in [1.54, 1.807) is 0 Å². The monoisotopic (exact) mass is 181 g/mol. The summed E-state index contributed by atoms with van der Waals surface area (Å²) in [5, 5.41) is 3.56. The first kappa shape index (κ1) is 9.22. The standard InChI is InChI=1S/C11H19NO/c1-2-3-7-12-10-6-8-13-11(10)9-4-5-9/h2,9-12H,1,3-8H2. The average molecular weight is 181 g/mol. The summed E-state index contributed by atoms with van der Waals surface area (Å²) >= 11 is 0. The lowest BCUT2D eigenvalue weighted by molar-refractivity contribution is 0.0813. The highest BCUT2D eigenvalue weighted by Gasteiger charge is 2.40. The molecule has 2 rings (SSSR count). The topological polar surface area (TPSA) is 21.3 Å². The van der Waals surface area contributed by atoms with Crippen molar-refractivity contribution in [2.45, 2.75) is 37.8 Å². The molecule has 2 atom stereocenters. The quantitative estimate of drug-likeness (QED) is 0.515. The van der Waals surface area contributed by atoms with Gasteiger partial charge in [0.2, 0.25) is 0 Å². The Bertz CT molecular complexity index is 177. The normalized spacial score (nSPS) is 33.5. The van der Waals surface area contributed by atoms with Gasteiger partial charge in [-0.05, 0) is 38.1 Å². The second-order valence-electron chi connectivity index (χ2n) is 4.10. The maximum atomic E-state index is 5.73. The van der Waals surface area contributed by atoms with Gasteiger partial charge < -0.3 is 10.1 Å². The molecular formula is C11H19NO. The highest BCUT2D eigenvalue weighted by Crippen LogP contribution is 2.38. The van der Waals surface area contributed by atoms with Gasteiger partial charge in [-0.25, -0.2) is 0 Å². The predicted molar refractivity (Wildman–Crippen MR) is 53.7 cm³/mol. The second-order valence-corrected chi connectivity index (χ2v) is 4.10. The maximum Gasteiger partial charge on any atom is 0.0756 e. The molecular weight excluding hydrogens is 162 g/mol. The van der Waals surface area contributed by atoms with E-state index in [1.807, 2.05) is 6.08 Å². The molecule has 1 N–H and O–H groups in total. The Kier molecular flexibility index (Phi) is 3.01. The summed E-state index contributed by atoms with van der Waals surface area (Å²) in [5.41, 5.74) is 0. The first-order valence-corrected chi connectivity index (χ1v) is 5.37. The Morgan fingerprint density at radius 3 is 2.92 bits per heavy atom. The summed E-state index contributed by atoms with van der Waals surface area (Å²) < 4.78 is 5.73. The third kappa shape index (κ3) is 2.32. The molecule has 2 unspecified atom stereocenters. The van der Waals surface area contributed by atoms with Gasteiger partial charge in [-0.3, -0.25) is 0 Å². The lowest BCUT2D eigenvalue weighted by atomic mass is 10.1. The predicted octanol–water partition coefficient (Wildman–Crippen LogP) is 1.72. The van der Waals surface area contributed by atoms with Crippen molar-refractivity contribution >= 4 is 0 Å². The van der Waals surface area contributed by atoms with Crippen LogP contribution >= 0.6 is 0 Å². The van der Waals surface area contributed by atoms with Gasteiger partial charge >= 0.3 is 0 Å². The average Bonchev–Trinajstić information content (AvgIpc) is 2.88. The van der Waals surface area contributed by atoms with Crippen LogP contribution in [0, 0.1) is 5.92 Å². The van der Waals surface area contributed by atoms with Crippen molar-refractivity contribution in [3.63, 3.8) is 0 Å². The molecule has 0 radical (unpaired) electrons. The minimum Gasteiger partial charge on any atom is -0.376 e. The molecule has 0 bridgehead atoms. The van der Waals surface area contributed by atoms with Crippen LogP contribution < -0.4 is 5.32 Å². The summed E-state index contributed by atoms with van der Waals surface area (Å²) in [6.45, 7) is 5.73. The van der Waals surface area contributed by atoms with E-state index in [4.69, 9.17) is 4.74 Å². The Morgan fingerprint density at radius 1 is 1.38 bits per heavy atom. The van der Waals surface area contributed by atoms with Gasteiger partial charge in [0, 0.05) is 12.6 Å². The van der Waals surface area contributed by atoms with Crippen LogP contribution in [0.3, 0.4) is 0 Å². The van der Waals surface area contributed by atoms with E-state index in [-0.39, 0.29) is 0 Å².